The Morgan fingerprint density at radius 1 is 1.53 bits per heavy atom. The van der Waals surface area contributed by atoms with Gasteiger partial charge in [-0.1, -0.05) is 11.6 Å². The summed E-state index contributed by atoms with van der Waals surface area (Å²) in [4.78, 5) is 14.0. The summed E-state index contributed by atoms with van der Waals surface area (Å²) in [5, 5.41) is 7.90. The molecule has 6 heteroatoms. The number of rotatable bonds is 2. The molecule has 1 aromatic rings. The summed E-state index contributed by atoms with van der Waals surface area (Å²) in [5.74, 6) is -6.25. The zero-order chi connectivity index (χ0) is 11.8. The smallest absolute Gasteiger partial charge is 0.379 e. The SMILES string of the molecule is Cc1cc(C)c(C(F)(F)C(=O)O)c(Cl)n1. The van der Waals surface area contributed by atoms with Gasteiger partial charge in [-0.2, -0.15) is 8.78 Å². The number of aryl methyl sites for hydroxylation is 2. The molecule has 3 nitrogen and oxygen atoms in total. The van der Waals surface area contributed by atoms with Crippen molar-refractivity contribution in [1.82, 2.24) is 4.98 Å². The van der Waals surface area contributed by atoms with Crippen LogP contribution in [0.15, 0.2) is 6.07 Å². The molecular formula is C9H8ClF2NO2. The molecule has 0 spiro atoms. The van der Waals surface area contributed by atoms with Gasteiger partial charge in [0.15, 0.2) is 0 Å². The maximum absolute atomic E-state index is 13.2. The van der Waals surface area contributed by atoms with E-state index in [9.17, 15) is 13.6 Å². The Bertz CT molecular complexity index is 398. The lowest BCUT2D eigenvalue weighted by Crippen LogP contribution is -2.27. The third-order valence-electron chi connectivity index (χ3n) is 1.88. The predicted molar refractivity (Wildman–Crippen MR) is 50.3 cm³/mol. The molecule has 0 aromatic carbocycles. The number of nitrogens with zero attached hydrogens (tertiary/aromatic N) is 1. The van der Waals surface area contributed by atoms with Gasteiger partial charge in [-0.15, -0.1) is 0 Å². The lowest BCUT2D eigenvalue weighted by atomic mass is 10.0. The van der Waals surface area contributed by atoms with Gasteiger partial charge >= 0.3 is 11.9 Å². The standard InChI is InChI=1S/C9H8ClF2NO2/c1-4-3-5(2)13-7(10)6(4)9(11,12)8(14)15/h3H,1-2H3,(H,14,15). The summed E-state index contributed by atoms with van der Waals surface area (Å²) >= 11 is 5.51. The van der Waals surface area contributed by atoms with Crippen LogP contribution in [0.3, 0.4) is 0 Å². The minimum atomic E-state index is -4.01. The van der Waals surface area contributed by atoms with E-state index < -0.39 is 22.6 Å². The van der Waals surface area contributed by atoms with Crippen molar-refractivity contribution in [3.8, 4) is 0 Å². The normalized spacial score (nSPS) is 11.5. The van der Waals surface area contributed by atoms with Gasteiger partial charge in [-0.3, -0.25) is 0 Å². The molecule has 82 valence electrons. The first kappa shape index (κ1) is 11.8. The molecule has 0 aliphatic rings. The second-order valence-corrected chi connectivity index (χ2v) is 3.48. The lowest BCUT2D eigenvalue weighted by molar-refractivity contribution is -0.166. The highest BCUT2D eigenvalue weighted by molar-refractivity contribution is 6.30. The molecular weight excluding hydrogens is 228 g/mol. The number of carboxylic acids is 1. The fourth-order valence-corrected chi connectivity index (χ4v) is 1.68. The van der Waals surface area contributed by atoms with Crippen LogP contribution in [0.5, 0.6) is 0 Å². The van der Waals surface area contributed by atoms with E-state index >= 15 is 0 Å². The molecule has 0 saturated carbocycles. The zero-order valence-corrected chi connectivity index (χ0v) is 8.77. The summed E-state index contributed by atoms with van der Waals surface area (Å²) in [6.45, 7) is 2.95. The van der Waals surface area contributed by atoms with Crippen molar-refractivity contribution in [2.75, 3.05) is 0 Å². The van der Waals surface area contributed by atoms with Crippen LogP contribution in [0.25, 0.3) is 0 Å². The Labute approximate surface area is 89.7 Å². The van der Waals surface area contributed by atoms with Gasteiger partial charge in [0.1, 0.15) is 5.15 Å². The van der Waals surface area contributed by atoms with Gasteiger partial charge in [0.05, 0.1) is 5.56 Å². The average molecular weight is 236 g/mol. The van der Waals surface area contributed by atoms with Crippen LogP contribution in [0.4, 0.5) is 8.78 Å². The van der Waals surface area contributed by atoms with E-state index in [0.717, 1.165) is 0 Å². The Morgan fingerprint density at radius 2 is 2.07 bits per heavy atom. The van der Waals surface area contributed by atoms with Crippen molar-refractivity contribution in [2.45, 2.75) is 19.8 Å². The number of carboxylic acid groups (broad SMARTS) is 1. The monoisotopic (exact) mass is 235 g/mol. The number of hydrogen-bond donors (Lipinski definition) is 1. The number of halogens is 3. The van der Waals surface area contributed by atoms with Gasteiger partial charge in [0, 0.05) is 5.69 Å². The summed E-state index contributed by atoms with van der Waals surface area (Å²) in [5.41, 5.74) is -0.176. The van der Waals surface area contributed by atoms with Crippen LogP contribution >= 0.6 is 11.6 Å². The summed E-state index contributed by atoms with van der Waals surface area (Å²) in [7, 11) is 0. The molecule has 0 aliphatic heterocycles. The maximum atomic E-state index is 13.2. The zero-order valence-electron chi connectivity index (χ0n) is 8.01. The third kappa shape index (κ3) is 2.07. The second kappa shape index (κ2) is 3.73. The second-order valence-electron chi connectivity index (χ2n) is 3.13. The minimum absolute atomic E-state index is 0.111. The van der Waals surface area contributed by atoms with Crippen LogP contribution in [-0.4, -0.2) is 16.1 Å². The number of pyridine rings is 1. The largest absolute Gasteiger partial charge is 0.477 e. The molecule has 0 atom stereocenters. The first-order valence-corrected chi connectivity index (χ1v) is 4.40. The molecule has 0 aliphatic carbocycles. The molecule has 0 saturated heterocycles. The highest BCUT2D eigenvalue weighted by atomic mass is 35.5. The molecule has 0 unspecified atom stereocenters. The van der Waals surface area contributed by atoms with E-state index in [4.69, 9.17) is 16.7 Å². The predicted octanol–water partition coefficient (Wildman–Crippen LogP) is 2.53. The quantitative estimate of drug-likeness (QED) is 0.802. The Balaban J connectivity index is 3.44. The Morgan fingerprint density at radius 3 is 2.47 bits per heavy atom. The van der Waals surface area contributed by atoms with Crippen molar-refractivity contribution >= 4 is 17.6 Å². The average Bonchev–Trinajstić information content (AvgIpc) is 2.00. The maximum Gasteiger partial charge on any atom is 0.379 e. The van der Waals surface area contributed by atoms with Crippen LogP contribution in [0.2, 0.25) is 5.15 Å². The van der Waals surface area contributed by atoms with E-state index in [2.05, 4.69) is 4.98 Å². The van der Waals surface area contributed by atoms with E-state index in [1.165, 1.54) is 13.0 Å². The van der Waals surface area contributed by atoms with Crippen molar-refractivity contribution < 1.29 is 18.7 Å². The number of aromatic nitrogens is 1. The number of carbonyl (C=O) groups is 1. The fraction of sp³-hybridized carbons (Fsp3) is 0.333. The lowest BCUT2D eigenvalue weighted by Gasteiger charge is -2.15. The van der Waals surface area contributed by atoms with Crippen molar-refractivity contribution in [3.63, 3.8) is 0 Å². The van der Waals surface area contributed by atoms with Gasteiger partial charge in [0.2, 0.25) is 0 Å². The van der Waals surface area contributed by atoms with Crippen LogP contribution in [0.1, 0.15) is 16.8 Å². The van der Waals surface area contributed by atoms with Crippen molar-refractivity contribution in [2.24, 2.45) is 0 Å². The number of alkyl halides is 2. The highest BCUT2D eigenvalue weighted by Crippen LogP contribution is 2.35. The minimum Gasteiger partial charge on any atom is -0.477 e. The fourth-order valence-electron chi connectivity index (χ4n) is 1.28. The molecule has 1 rings (SSSR count). The topological polar surface area (TPSA) is 50.2 Å². The van der Waals surface area contributed by atoms with Crippen LogP contribution in [-0.2, 0) is 10.7 Å². The summed E-state index contributed by atoms with van der Waals surface area (Å²) < 4.78 is 26.4. The molecule has 0 amide bonds. The number of aliphatic carboxylic acids is 1. The molecule has 15 heavy (non-hydrogen) atoms. The van der Waals surface area contributed by atoms with Gasteiger partial charge < -0.3 is 5.11 Å². The Hall–Kier alpha value is -1.23. The summed E-state index contributed by atoms with van der Waals surface area (Å²) in [6.07, 6.45) is 0. The first-order chi connectivity index (χ1) is 6.76. The number of hydrogen-bond acceptors (Lipinski definition) is 2. The van der Waals surface area contributed by atoms with Crippen LogP contribution in [0, 0.1) is 13.8 Å². The molecule has 1 aromatic heterocycles. The van der Waals surface area contributed by atoms with E-state index in [0.29, 0.717) is 5.69 Å². The van der Waals surface area contributed by atoms with E-state index in [1.807, 2.05) is 0 Å². The van der Waals surface area contributed by atoms with E-state index in [-0.39, 0.29) is 5.56 Å². The third-order valence-corrected chi connectivity index (χ3v) is 2.16. The molecule has 0 radical (unpaired) electrons. The van der Waals surface area contributed by atoms with Crippen molar-refractivity contribution in [1.29, 1.82) is 0 Å². The molecule has 1 N–H and O–H groups in total. The van der Waals surface area contributed by atoms with Gasteiger partial charge in [0.25, 0.3) is 0 Å². The first-order valence-electron chi connectivity index (χ1n) is 4.02. The van der Waals surface area contributed by atoms with Crippen molar-refractivity contribution in [3.05, 3.63) is 28.0 Å². The van der Waals surface area contributed by atoms with Crippen LogP contribution < -0.4 is 0 Å². The summed E-state index contributed by atoms with van der Waals surface area (Å²) in [6, 6.07) is 1.36. The molecule has 0 fully saturated rings. The van der Waals surface area contributed by atoms with Gasteiger partial charge in [-0.05, 0) is 25.5 Å². The Kier molecular flexibility index (Phi) is 2.95. The molecule has 0 bridgehead atoms. The molecule has 1 heterocycles. The highest BCUT2D eigenvalue weighted by Gasteiger charge is 2.44. The van der Waals surface area contributed by atoms with E-state index in [1.54, 1.807) is 6.92 Å². The van der Waals surface area contributed by atoms with Gasteiger partial charge in [-0.25, -0.2) is 9.78 Å².